The van der Waals surface area contributed by atoms with Gasteiger partial charge < -0.3 is 35.2 Å². The number of aliphatic hydroxyl groups excluding tert-OH is 3. The maximum Gasteiger partial charge on any atom is 0.317 e. The number of ether oxygens (including phenoxy) is 1. The quantitative estimate of drug-likeness (QED) is 0.266. The first kappa shape index (κ1) is 28.0. The maximum atomic E-state index is 12.2. The molecule has 0 aromatic heterocycles. The van der Waals surface area contributed by atoms with Gasteiger partial charge in [0.25, 0.3) is 0 Å². The van der Waals surface area contributed by atoms with E-state index in [0.29, 0.717) is 30.3 Å². The Morgan fingerprint density at radius 2 is 1.78 bits per heavy atom. The minimum Gasteiger partial charge on any atom is -0.492 e. The SMILES string of the molecule is CN1CCN(C(=O)NCCOc2ccc(Cc3cc([C@H]4[C@H](O)[C@H](O)[C@H](O)C[SH]4C)ccc3Cl)cc2)CC1. The first-order valence-corrected chi connectivity index (χ1v) is 15.1. The standard InChI is InChI=1S/C27H38ClN3O5S/c1-30-10-12-31(13-11-30)27(35)29-9-14-36-21-6-3-18(4-7-21)15-20-16-19(5-8-22(20)28)26-25(34)24(33)23(32)17-37(26)2/h3-8,16,23-26,32-34,37H,9-15,17H2,1-2H3,(H,29,35)/t23-,24-,25-,26+/m1/s1. The highest BCUT2D eigenvalue weighted by Crippen LogP contribution is 2.48. The van der Waals surface area contributed by atoms with Crippen LogP contribution in [0.1, 0.15) is 21.9 Å². The molecule has 2 heterocycles. The average molecular weight is 552 g/mol. The summed E-state index contributed by atoms with van der Waals surface area (Å²) in [6.07, 6.45) is -0.373. The molecule has 4 N–H and O–H groups in total. The number of carbonyl (C=O) groups is 1. The number of hydrogen-bond donors (Lipinski definition) is 5. The van der Waals surface area contributed by atoms with Crippen LogP contribution in [-0.4, -0.2) is 108 Å². The summed E-state index contributed by atoms with van der Waals surface area (Å²) in [5.41, 5.74) is 2.94. The zero-order valence-electron chi connectivity index (χ0n) is 21.4. The zero-order chi connectivity index (χ0) is 26.5. The number of piperazine rings is 1. The molecule has 2 aliphatic heterocycles. The third kappa shape index (κ3) is 7.10. The number of thiol groups is 1. The van der Waals surface area contributed by atoms with Crippen LogP contribution in [0.5, 0.6) is 5.75 Å². The van der Waals surface area contributed by atoms with Gasteiger partial charge in [-0.05, 0) is 54.6 Å². The molecular weight excluding hydrogens is 514 g/mol. The van der Waals surface area contributed by atoms with Gasteiger partial charge in [0.05, 0.1) is 18.8 Å². The van der Waals surface area contributed by atoms with Crippen molar-refractivity contribution < 1.29 is 24.9 Å². The molecule has 0 saturated carbocycles. The van der Waals surface area contributed by atoms with Crippen LogP contribution in [0.3, 0.4) is 0 Å². The smallest absolute Gasteiger partial charge is 0.317 e. The monoisotopic (exact) mass is 551 g/mol. The number of nitrogens with zero attached hydrogens (tertiary/aromatic N) is 2. The normalized spacial score (nSPS) is 27.6. The summed E-state index contributed by atoms with van der Waals surface area (Å²) >= 11 is 6.50. The number of amides is 2. The number of benzene rings is 2. The Morgan fingerprint density at radius 1 is 1.08 bits per heavy atom. The van der Waals surface area contributed by atoms with Crippen LogP contribution in [-0.2, 0) is 6.42 Å². The fourth-order valence-electron chi connectivity index (χ4n) is 4.93. The molecule has 2 aliphatic rings. The lowest BCUT2D eigenvalue weighted by molar-refractivity contribution is -0.0561. The lowest BCUT2D eigenvalue weighted by Crippen LogP contribution is -2.51. The lowest BCUT2D eigenvalue weighted by Gasteiger charge is -2.42. The first-order chi connectivity index (χ1) is 17.7. The largest absolute Gasteiger partial charge is 0.492 e. The summed E-state index contributed by atoms with van der Waals surface area (Å²) in [5.74, 6) is 1.23. The van der Waals surface area contributed by atoms with Crippen LogP contribution >= 0.6 is 22.5 Å². The summed E-state index contributed by atoms with van der Waals surface area (Å²) in [4.78, 5) is 16.3. The molecule has 37 heavy (non-hydrogen) atoms. The van der Waals surface area contributed by atoms with Gasteiger partial charge in [0.15, 0.2) is 0 Å². The molecule has 2 aromatic carbocycles. The molecule has 0 radical (unpaired) electrons. The molecule has 1 unspecified atom stereocenters. The van der Waals surface area contributed by atoms with Gasteiger partial charge in [-0.25, -0.2) is 15.7 Å². The fraction of sp³-hybridized carbons (Fsp3) is 0.519. The number of carbonyl (C=O) groups excluding carboxylic acids is 1. The highest BCUT2D eigenvalue weighted by atomic mass is 35.5. The van der Waals surface area contributed by atoms with Crippen LogP contribution in [0.4, 0.5) is 4.79 Å². The summed E-state index contributed by atoms with van der Waals surface area (Å²) in [6, 6.07) is 13.5. The van der Waals surface area contributed by atoms with Gasteiger partial charge in [-0.3, -0.25) is 0 Å². The molecule has 2 fully saturated rings. The molecule has 2 saturated heterocycles. The molecule has 2 aromatic rings. The predicted molar refractivity (Wildman–Crippen MR) is 149 cm³/mol. The van der Waals surface area contributed by atoms with Crippen LogP contribution in [0.2, 0.25) is 5.02 Å². The Bertz CT molecular complexity index is 1050. The molecule has 2 amide bonds. The van der Waals surface area contributed by atoms with Gasteiger partial charge in [0.1, 0.15) is 18.5 Å². The predicted octanol–water partition coefficient (Wildman–Crippen LogP) is 2.04. The van der Waals surface area contributed by atoms with Crippen molar-refractivity contribution in [3.8, 4) is 5.75 Å². The van der Waals surface area contributed by atoms with Gasteiger partial charge in [-0.2, -0.15) is 0 Å². The van der Waals surface area contributed by atoms with Crippen LogP contribution in [0.25, 0.3) is 0 Å². The van der Waals surface area contributed by atoms with Crippen molar-refractivity contribution >= 4 is 28.5 Å². The summed E-state index contributed by atoms with van der Waals surface area (Å²) < 4.78 is 5.79. The van der Waals surface area contributed by atoms with Gasteiger partial charge in [-0.1, -0.05) is 35.9 Å². The van der Waals surface area contributed by atoms with E-state index >= 15 is 0 Å². The molecule has 0 bridgehead atoms. The van der Waals surface area contributed by atoms with Gasteiger partial charge in [0, 0.05) is 42.2 Å². The number of urea groups is 1. The second kappa shape index (κ2) is 12.7. The van der Waals surface area contributed by atoms with E-state index in [2.05, 4.69) is 17.3 Å². The Hall–Kier alpha value is -2.01. The molecule has 8 nitrogen and oxygen atoms in total. The summed E-state index contributed by atoms with van der Waals surface area (Å²) in [6.45, 7) is 4.08. The second-order valence-corrected chi connectivity index (χ2v) is 12.8. The Kier molecular flexibility index (Phi) is 9.61. The molecule has 0 spiro atoms. The van der Waals surface area contributed by atoms with Crippen molar-refractivity contribution in [2.45, 2.75) is 30.0 Å². The first-order valence-electron chi connectivity index (χ1n) is 12.7. The lowest BCUT2D eigenvalue weighted by atomic mass is 9.96. The van der Waals surface area contributed by atoms with Crippen LogP contribution in [0.15, 0.2) is 42.5 Å². The van der Waals surface area contributed by atoms with Crippen LogP contribution in [0, 0.1) is 0 Å². The third-order valence-corrected chi connectivity index (χ3v) is 10.1. The van der Waals surface area contributed by atoms with Gasteiger partial charge in [-0.15, -0.1) is 0 Å². The van der Waals surface area contributed by atoms with Crippen molar-refractivity contribution in [3.05, 3.63) is 64.2 Å². The molecule has 4 rings (SSSR count). The van der Waals surface area contributed by atoms with Crippen LogP contribution < -0.4 is 10.1 Å². The molecule has 204 valence electrons. The van der Waals surface area contributed by atoms with Crippen molar-refractivity contribution in [1.82, 2.24) is 15.1 Å². The minimum absolute atomic E-state index is 0.0479. The average Bonchev–Trinajstić information content (AvgIpc) is 2.88. The number of rotatable bonds is 7. The molecule has 5 atom stereocenters. The molecule has 10 heteroatoms. The fourth-order valence-corrected chi connectivity index (χ4v) is 7.51. The van der Waals surface area contributed by atoms with E-state index in [4.69, 9.17) is 16.3 Å². The zero-order valence-corrected chi connectivity index (χ0v) is 23.0. The van der Waals surface area contributed by atoms with E-state index in [0.717, 1.165) is 48.6 Å². The van der Waals surface area contributed by atoms with E-state index in [1.54, 1.807) is 0 Å². The van der Waals surface area contributed by atoms with E-state index in [1.165, 1.54) is 0 Å². The van der Waals surface area contributed by atoms with Crippen molar-refractivity contribution in [2.24, 2.45) is 0 Å². The van der Waals surface area contributed by atoms with Crippen molar-refractivity contribution in [3.63, 3.8) is 0 Å². The Balaban J connectivity index is 1.29. The number of hydrogen-bond acceptors (Lipinski definition) is 6. The van der Waals surface area contributed by atoms with Crippen molar-refractivity contribution in [1.29, 1.82) is 0 Å². The molecular formula is C27H38ClN3O5S. The Labute approximate surface area is 226 Å². The highest BCUT2D eigenvalue weighted by molar-refractivity contribution is 8.16. The molecule has 0 aliphatic carbocycles. The number of aliphatic hydroxyl groups is 3. The maximum absolute atomic E-state index is 12.2. The number of halogens is 1. The summed E-state index contributed by atoms with van der Waals surface area (Å²) in [7, 11) is 1.37. The third-order valence-electron chi connectivity index (χ3n) is 7.18. The van der Waals surface area contributed by atoms with Gasteiger partial charge in [0.2, 0.25) is 0 Å². The highest BCUT2D eigenvalue weighted by Gasteiger charge is 2.40. The number of nitrogens with one attached hydrogen (secondary N) is 1. The number of likely N-dealkylation sites (N-methyl/N-ethyl adjacent to an activating group) is 1. The van der Waals surface area contributed by atoms with E-state index < -0.39 is 29.2 Å². The van der Waals surface area contributed by atoms with E-state index in [-0.39, 0.29) is 11.3 Å². The topological polar surface area (TPSA) is 106 Å². The van der Waals surface area contributed by atoms with Crippen molar-refractivity contribution in [2.75, 3.05) is 58.4 Å². The van der Waals surface area contributed by atoms with E-state index in [1.807, 2.05) is 53.6 Å². The summed E-state index contributed by atoms with van der Waals surface area (Å²) in [5, 5.41) is 34.2. The Morgan fingerprint density at radius 3 is 2.49 bits per heavy atom. The minimum atomic E-state index is -1.14. The van der Waals surface area contributed by atoms with Gasteiger partial charge >= 0.3 is 6.03 Å². The second-order valence-electron chi connectivity index (χ2n) is 9.98. The van der Waals surface area contributed by atoms with E-state index in [9.17, 15) is 20.1 Å².